The summed E-state index contributed by atoms with van der Waals surface area (Å²) in [7, 11) is 0. The van der Waals surface area contributed by atoms with E-state index in [0.717, 1.165) is 16.0 Å². The Kier molecular flexibility index (Phi) is 4.23. The number of phenolic OH excluding ortho intramolecular Hbond substituents is 1. The Balaban J connectivity index is 1.53. The van der Waals surface area contributed by atoms with Gasteiger partial charge in [0.1, 0.15) is 5.75 Å². The van der Waals surface area contributed by atoms with Gasteiger partial charge >= 0.3 is 0 Å². The molecule has 4 nitrogen and oxygen atoms in total. The number of aromatic hydroxyl groups is 1. The van der Waals surface area contributed by atoms with Crippen LogP contribution in [0.15, 0.2) is 93.2 Å². The van der Waals surface area contributed by atoms with E-state index < -0.39 is 0 Å². The lowest BCUT2D eigenvalue weighted by molar-refractivity contribution is 0.432. The number of aromatic nitrogens is 2. The van der Waals surface area contributed by atoms with Crippen LogP contribution in [0, 0.1) is 0 Å². The number of hydrogen-bond acceptors (Lipinski definition) is 5. The van der Waals surface area contributed by atoms with Crippen molar-refractivity contribution in [2.45, 2.75) is 9.79 Å². The van der Waals surface area contributed by atoms with Crippen LogP contribution in [0.2, 0.25) is 0 Å². The van der Waals surface area contributed by atoms with Crippen LogP contribution in [0.25, 0.3) is 22.8 Å². The third kappa shape index (κ3) is 3.56. The first-order valence-electron chi connectivity index (χ1n) is 7.74. The van der Waals surface area contributed by atoms with Gasteiger partial charge in [0.25, 0.3) is 5.89 Å². The maximum Gasteiger partial charge on any atom is 0.258 e. The van der Waals surface area contributed by atoms with Crippen LogP contribution in [-0.4, -0.2) is 15.2 Å². The largest absolute Gasteiger partial charge is 0.508 e. The van der Waals surface area contributed by atoms with Crippen molar-refractivity contribution < 1.29 is 9.63 Å². The van der Waals surface area contributed by atoms with Crippen LogP contribution in [0.3, 0.4) is 0 Å². The Hall–Kier alpha value is -3.05. The summed E-state index contributed by atoms with van der Waals surface area (Å²) in [4.78, 5) is 6.78. The summed E-state index contributed by atoms with van der Waals surface area (Å²) in [5, 5.41) is 13.4. The fraction of sp³-hybridized carbons (Fsp3) is 0. The molecule has 5 heteroatoms. The molecule has 4 aromatic rings. The molecule has 0 fully saturated rings. The van der Waals surface area contributed by atoms with E-state index in [1.165, 1.54) is 4.90 Å². The van der Waals surface area contributed by atoms with Crippen LogP contribution < -0.4 is 0 Å². The van der Waals surface area contributed by atoms with Crippen LogP contribution >= 0.6 is 11.8 Å². The van der Waals surface area contributed by atoms with Crippen LogP contribution in [0.4, 0.5) is 0 Å². The predicted octanol–water partition coefficient (Wildman–Crippen LogP) is 5.26. The van der Waals surface area contributed by atoms with Gasteiger partial charge in [0.15, 0.2) is 0 Å². The van der Waals surface area contributed by atoms with Crippen LogP contribution in [0.1, 0.15) is 0 Å². The number of rotatable bonds is 4. The maximum absolute atomic E-state index is 9.35. The molecule has 0 spiro atoms. The molecule has 0 unspecified atom stereocenters. The molecule has 1 heterocycles. The minimum absolute atomic E-state index is 0.204. The standard InChI is InChI=1S/C20H14N2O2S/c23-16-10-6-15(7-11-16)20-21-19(22-24-20)14-8-12-18(13-9-14)25-17-4-2-1-3-5-17/h1-13,23H. The van der Waals surface area contributed by atoms with Gasteiger partial charge in [-0.3, -0.25) is 0 Å². The molecular formula is C20H14N2O2S. The molecule has 4 rings (SSSR count). The Morgan fingerprint density at radius 3 is 2.08 bits per heavy atom. The molecule has 0 aliphatic heterocycles. The first kappa shape index (κ1) is 15.5. The summed E-state index contributed by atoms with van der Waals surface area (Å²) < 4.78 is 5.32. The second-order valence-electron chi connectivity index (χ2n) is 5.41. The van der Waals surface area contributed by atoms with E-state index in [4.69, 9.17) is 4.52 Å². The predicted molar refractivity (Wildman–Crippen MR) is 97.4 cm³/mol. The molecule has 0 atom stereocenters. The van der Waals surface area contributed by atoms with Gasteiger partial charge in [-0.1, -0.05) is 35.1 Å². The number of phenols is 1. The second kappa shape index (κ2) is 6.83. The van der Waals surface area contributed by atoms with E-state index in [1.54, 1.807) is 36.0 Å². The van der Waals surface area contributed by atoms with E-state index in [9.17, 15) is 5.11 Å². The van der Waals surface area contributed by atoms with E-state index in [-0.39, 0.29) is 5.75 Å². The SMILES string of the molecule is Oc1ccc(-c2nc(-c3ccc(Sc4ccccc4)cc3)no2)cc1. The van der Waals surface area contributed by atoms with Crippen molar-refractivity contribution in [3.05, 3.63) is 78.9 Å². The third-order valence-electron chi connectivity index (χ3n) is 3.63. The quantitative estimate of drug-likeness (QED) is 0.546. The van der Waals surface area contributed by atoms with Crippen molar-refractivity contribution in [3.63, 3.8) is 0 Å². The summed E-state index contributed by atoms with van der Waals surface area (Å²) >= 11 is 1.71. The lowest BCUT2D eigenvalue weighted by Gasteiger charge is -2.02. The highest BCUT2D eigenvalue weighted by molar-refractivity contribution is 7.99. The molecular weight excluding hydrogens is 332 g/mol. The monoisotopic (exact) mass is 346 g/mol. The van der Waals surface area contributed by atoms with Crippen molar-refractivity contribution >= 4 is 11.8 Å². The lowest BCUT2D eigenvalue weighted by atomic mass is 10.2. The average Bonchev–Trinajstić information content (AvgIpc) is 3.14. The summed E-state index contributed by atoms with van der Waals surface area (Å²) in [5.41, 5.74) is 1.67. The molecule has 0 bridgehead atoms. The summed E-state index contributed by atoms with van der Waals surface area (Å²) in [6, 6.07) is 25.0. The Morgan fingerprint density at radius 1 is 0.720 bits per heavy atom. The van der Waals surface area contributed by atoms with E-state index in [2.05, 4.69) is 22.3 Å². The molecule has 1 aromatic heterocycles. The first-order chi connectivity index (χ1) is 12.3. The van der Waals surface area contributed by atoms with Gasteiger partial charge in [0, 0.05) is 20.9 Å². The molecule has 0 saturated carbocycles. The van der Waals surface area contributed by atoms with Gasteiger partial charge in [0.2, 0.25) is 5.82 Å². The minimum atomic E-state index is 0.204. The first-order valence-corrected chi connectivity index (χ1v) is 8.56. The van der Waals surface area contributed by atoms with Gasteiger partial charge in [-0.05, 0) is 60.7 Å². The summed E-state index contributed by atoms with van der Waals surface area (Å²) in [6.07, 6.45) is 0. The molecule has 0 radical (unpaired) electrons. The van der Waals surface area contributed by atoms with E-state index in [0.29, 0.717) is 11.7 Å². The third-order valence-corrected chi connectivity index (χ3v) is 4.65. The van der Waals surface area contributed by atoms with Gasteiger partial charge in [-0.25, -0.2) is 0 Å². The minimum Gasteiger partial charge on any atom is -0.508 e. The zero-order valence-corrected chi connectivity index (χ0v) is 14.0. The fourth-order valence-electron chi connectivity index (χ4n) is 2.36. The Morgan fingerprint density at radius 2 is 1.36 bits per heavy atom. The molecule has 3 aromatic carbocycles. The second-order valence-corrected chi connectivity index (χ2v) is 6.56. The van der Waals surface area contributed by atoms with Crippen molar-refractivity contribution in [3.8, 4) is 28.6 Å². The Labute approximate surface area is 149 Å². The van der Waals surface area contributed by atoms with Crippen molar-refractivity contribution in [2.24, 2.45) is 0 Å². The normalized spacial score (nSPS) is 10.7. The van der Waals surface area contributed by atoms with E-state index >= 15 is 0 Å². The highest BCUT2D eigenvalue weighted by atomic mass is 32.2. The van der Waals surface area contributed by atoms with Crippen molar-refractivity contribution in [1.29, 1.82) is 0 Å². The van der Waals surface area contributed by atoms with Gasteiger partial charge < -0.3 is 9.63 Å². The highest BCUT2D eigenvalue weighted by Crippen LogP contribution is 2.29. The fourth-order valence-corrected chi connectivity index (χ4v) is 3.20. The number of nitrogens with zero attached hydrogens (tertiary/aromatic N) is 2. The average molecular weight is 346 g/mol. The molecule has 0 aliphatic carbocycles. The van der Waals surface area contributed by atoms with Crippen LogP contribution in [0.5, 0.6) is 5.75 Å². The van der Waals surface area contributed by atoms with Gasteiger partial charge in [-0.15, -0.1) is 0 Å². The van der Waals surface area contributed by atoms with Gasteiger partial charge in [-0.2, -0.15) is 4.98 Å². The summed E-state index contributed by atoms with van der Waals surface area (Å²) in [6.45, 7) is 0. The maximum atomic E-state index is 9.35. The van der Waals surface area contributed by atoms with Crippen molar-refractivity contribution in [1.82, 2.24) is 10.1 Å². The Bertz CT molecular complexity index is 965. The zero-order chi connectivity index (χ0) is 17.1. The topological polar surface area (TPSA) is 59.2 Å². The molecule has 0 saturated heterocycles. The number of benzene rings is 3. The highest BCUT2D eigenvalue weighted by Gasteiger charge is 2.10. The van der Waals surface area contributed by atoms with Crippen molar-refractivity contribution in [2.75, 3.05) is 0 Å². The summed E-state index contributed by atoms with van der Waals surface area (Å²) in [5.74, 6) is 1.17. The van der Waals surface area contributed by atoms with E-state index in [1.807, 2.05) is 42.5 Å². The molecule has 25 heavy (non-hydrogen) atoms. The zero-order valence-electron chi connectivity index (χ0n) is 13.2. The molecule has 1 N–H and O–H groups in total. The molecule has 0 aliphatic rings. The van der Waals surface area contributed by atoms with Crippen LogP contribution in [-0.2, 0) is 0 Å². The lowest BCUT2D eigenvalue weighted by Crippen LogP contribution is -1.82. The smallest absolute Gasteiger partial charge is 0.258 e. The molecule has 0 amide bonds. The molecule has 122 valence electrons. The van der Waals surface area contributed by atoms with Gasteiger partial charge in [0.05, 0.1) is 0 Å². The number of hydrogen-bond donors (Lipinski definition) is 1.